The van der Waals surface area contributed by atoms with E-state index < -0.39 is 6.10 Å². The fourth-order valence-electron chi connectivity index (χ4n) is 7.43. The molecule has 0 saturated heterocycles. The van der Waals surface area contributed by atoms with E-state index in [0.29, 0.717) is 19.3 Å². The molecule has 1 unspecified atom stereocenters. The van der Waals surface area contributed by atoms with Gasteiger partial charge in [-0.15, -0.1) is 0 Å². The number of ether oxygens (including phenoxy) is 3. The van der Waals surface area contributed by atoms with Gasteiger partial charge in [-0.05, 0) is 70.6 Å². The summed E-state index contributed by atoms with van der Waals surface area (Å²) in [4.78, 5) is 37.9. The third kappa shape index (κ3) is 46.7. The van der Waals surface area contributed by atoms with Crippen LogP contribution in [0.25, 0.3) is 0 Å². The Hall–Kier alpha value is -2.37. The predicted octanol–water partition coefficient (Wildman–Crippen LogP) is 16.9. The van der Waals surface area contributed by atoms with Crippen molar-refractivity contribution < 1.29 is 28.6 Å². The quantitative estimate of drug-likeness (QED) is 0.0200. The minimum atomic E-state index is -0.786. The first kappa shape index (κ1) is 57.6. The monoisotopic (exact) mass is 843 g/mol. The Balaban J connectivity index is 4.41. The molecule has 60 heavy (non-hydrogen) atoms. The van der Waals surface area contributed by atoms with Crippen molar-refractivity contribution in [3.05, 3.63) is 36.5 Å². The molecular weight excluding hydrogens is 745 g/mol. The molecule has 0 bridgehead atoms. The van der Waals surface area contributed by atoms with E-state index in [1.807, 2.05) is 0 Å². The van der Waals surface area contributed by atoms with E-state index in [4.69, 9.17) is 14.2 Å². The van der Waals surface area contributed by atoms with Crippen LogP contribution in [-0.2, 0) is 28.6 Å². The van der Waals surface area contributed by atoms with Crippen LogP contribution in [0.4, 0.5) is 0 Å². The van der Waals surface area contributed by atoms with E-state index in [-0.39, 0.29) is 31.1 Å². The van der Waals surface area contributed by atoms with Crippen molar-refractivity contribution in [3.63, 3.8) is 0 Å². The molecule has 0 rings (SSSR count). The van der Waals surface area contributed by atoms with E-state index in [9.17, 15) is 14.4 Å². The maximum absolute atomic E-state index is 12.8. The van der Waals surface area contributed by atoms with Crippen LogP contribution in [0.5, 0.6) is 0 Å². The highest BCUT2D eigenvalue weighted by Crippen LogP contribution is 2.15. The third-order valence-corrected chi connectivity index (χ3v) is 11.4. The van der Waals surface area contributed by atoms with Crippen LogP contribution in [0.15, 0.2) is 36.5 Å². The second-order valence-electron chi connectivity index (χ2n) is 17.5. The summed E-state index contributed by atoms with van der Waals surface area (Å²) in [6, 6.07) is 0. The lowest BCUT2D eigenvalue weighted by atomic mass is 10.0. The van der Waals surface area contributed by atoms with Gasteiger partial charge in [0.05, 0.1) is 0 Å². The van der Waals surface area contributed by atoms with Gasteiger partial charge >= 0.3 is 17.9 Å². The number of unbranched alkanes of at least 4 members (excludes halogenated alkanes) is 31. The molecule has 0 aliphatic rings. The lowest BCUT2D eigenvalue weighted by Gasteiger charge is -2.18. The Bertz CT molecular complexity index is 1020. The normalized spacial score (nSPS) is 12.2. The number of carbonyl (C=O) groups excluding carboxylic acids is 3. The van der Waals surface area contributed by atoms with Crippen molar-refractivity contribution in [1.29, 1.82) is 0 Å². The van der Waals surface area contributed by atoms with E-state index in [0.717, 1.165) is 83.5 Å². The standard InChI is InChI=1S/C54H98O6/c1-4-7-10-13-16-19-22-25-27-28-30-32-35-38-41-44-47-53(56)59-50-51(49-58-52(55)46-43-40-37-34-31-24-21-18-15-12-9-6-3)60-54(57)48-45-42-39-36-33-29-26-23-20-17-14-11-8-5-2/h27-30,32-33,51H,4-26,31,34-50H2,1-3H3/b28-27-,32-30-,33-29-. The fraction of sp³-hybridized carbons (Fsp3) is 0.833. The molecule has 0 saturated carbocycles. The Morgan fingerprint density at radius 3 is 0.950 bits per heavy atom. The van der Waals surface area contributed by atoms with Gasteiger partial charge in [-0.2, -0.15) is 0 Å². The number of carbonyl (C=O) groups is 3. The number of hydrogen-bond donors (Lipinski definition) is 0. The Morgan fingerprint density at radius 2 is 0.600 bits per heavy atom. The molecule has 0 aromatic heterocycles. The summed E-state index contributed by atoms with van der Waals surface area (Å²) in [6.07, 6.45) is 57.0. The van der Waals surface area contributed by atoms with Crippen molar-refractivity contribution in [2.24, 2.45) is 0 Å². The van der Waals surface area contributed by atoms with Gasteiger partial charge in [-0.25, -0.2) is 0 Å². The molecule has 0 aromatic rings. The third-order valence-electron chi connectivity index (χ3n) is 11.4. The van der Waals surface area contributed by atoms with Crippen molar-refractivity contribution >= 4 is 17.9 Å². The van der Waals surface area contributed by atoms with Gasteiger partial charge in [0.2, 0.25) is 0 Å². The van der Waals surface area contributed by atoms with Gasteiger partial charge in [0, 0.05) is 19.3 Å². The highest BCUT2D eigenvalue weighted by molar-refractivity contribution is 5.71. The Labute approximate surface area is 372 Å². The molecule has 0 aliphatic heterocycles. The Morgan fingerprint density at radius 1 is 0.333 bits per heavy atom. The molecule has 6 heteroatoms. The zero-order valence-electron chi connectivity index (χ0n) is 40.0. The molecule has 0 fully saturated rings. The minimum absolute atomic E-state index is 0.0839. The molecule has 0 aliphatic carbocycles. The van der Waals surface area contributed by atoms with Crippen molar-refractivity contribution in [2.45, 2.75) is 277 Å². The van der Waals surface area contributed by atoms with Gasteiger partial charge in [0.25, 0.3) is 0 Å². The molecule has 1 atom stereocenters. The summed E-state index contributed by atoms with van der Waals surface area (Å²) in [7, 11) is 0. The second kappa shape index (κ2) is 49.3. The molecule has 0 amide bonds. The van der Waals surface area contributed by atoms with Crippen LogP contribution in [0, 0.1) is 0 Å². The maximum atomic E-state index is 12.8. The van der Waals surface area contributed by atoms with Crippen LogP contribution in [0.1, 0.15) is 271 Å². The van der Waals surface area contributed by atoms with E-state index >= 15 is 0 Å². The molecule has 0 aromatic carbocycles. The molecule has 0 N–H and O–H groups in total. The summed E-state index contributed by atoms with van der Waals surface area (Å²) in [5.41, 5.74) is 0. The summed E-state index contributed by atoms with van der Waals surface area (Å²) in [5.74, 6) is -0.918. The Kier molecular flexibility index (Phi) is 47.3. The molecule has 0 radical (unpaired) electrons. The zero-order chi connectivity index (χ0) is 43.7. The van der Waals surface area contributed by atoms with Crippen LogP contribution in [-0.4, -0.2) is 37.2 Å². The summed E-state index contributed by atoms with van der Waals surface area (Å²) < 4.78 is 16.8. The highest BCUT2D eigenvalue weighted by atomic mass is 16.6. The van der Waals surface area contributed by atoms with Gasteiger partial charge in [-0.1, -0.05) is 218 Å². The number of esters is 3. The van der Waals surface area contributed by atoms with E-state index in [1.54, 1.807) is 0 Å². The van der Waals surface area contributed by atoms with Crippen molar-refractivity contribution in [2.75, 3.05) is 13.2 Å². The number of allylic oxidation sites excluding steroid dienone is 6. The van der Waals surface area contributed by atoms with Gasteiger partial charge in [0.15, 0.2) is 6.10 Å². The molecule has 0 heterocycles. The lowest BCUT2D eigenvalue weighted by molar-refractivity contribution is -0.167. The zero-order valence-corrected chi connectivity index (χ0v) is 40.0. The fourth-order valence-corrected chi connectivity index (χ4v) is 7.43. The highest BCUT2D eigenvalue weighted by Gasteiger charge is 2.19. The second-order valence-corrected chi connectivity index (χ2v) is 17.5. The summed E-state index contributed by atoms with van der Waals surface area (Å²) in [5, 5.41) is 0. The first-order chi connectivity index (χ1) is 29.5. The van der Waals surface area contributed by atoms with Crippen LogP contribution in [0.2, 0.25) is 0 Å². The maximum Gasteiger partial charge on any atom is 0.306 e. The van der Waals surface area contributed by atoms with Crippen LogP contribution >= 0.6 is 0 Å². The predicted molar refractivity (Wildman–Crippen MR) is 256 cm³/mol. The minimum Gasteiger partial charge on any atom is -0.462 e. The first-order valence-electron chi connectivity index (χ1n) is 26.0. The van der Waals surface area contributed by atoms with Crippen molar-refractivity contribution in [1.82, 2.24) is 0 Å². The topological polar surface area (TPSA) is 78.9 Å². The average Bonchev–Trinajstić information content (AvgIpc) is 3.24. The van der Waals surface area contributed by atoms with Gasteiger partial charge in [0.1, 0.15) is 13.2 Å². The molecule has 0 spiro atoms. The molecular formula is C54H98O6. The van der Waals surface area contributed by atoms with Gasteiger partial charge in [-0.3, -0.25) is 14.4 Å². The van der Waals surface area contributed by atoms with Gasteiger partial charge < -0.3 is 14.2 Å². The van der Waals surface area contributed by atoms with Crippen LogP contribution < -0.4 is 0 Å². The van der Waals surface area contributed by atoms with Crippen molar-refractivity contribution in [3.8, 4) is 0 Å². The van der Waals surface area contributed by atoms with E-state index in [1.165, 1.54) is 148 Å². The summed E-state index contributed by atoms with van der Waals surface area (Å²) >= 11 is 0. The number of rotatable bonds is 47. The van der Waals surface area contributed by atoms with Crippen LogP contribution in [0.3, 0.4) is 0 Å². The number of hydrogen-bond acceptors (Lipinski definition) is 6. The smallest absolute Gasteiger partial charge is 0.306 e. The lowest BCUT2D eigenvalue weighted by Crippen LogP contribution is -2.30. The molecule has 350 valence electrons. The average molecular weight is 843 g/mol. The first-order valence-corrected chi connectivity index (χ1v) is 26.0. The SMILES string of the molecule is CCCCCCCCC/C=C\C=C/CCCCCC(=O)OCC(COC(=O)CCCCCCCCCCCCCC)OC(=O)CCCCC/C=C\CCCCCCCCC. The van der Waals surface area contributed by atoms with E-state index in [2.05, 4.69) is 57.2 Å². The summed E-state index contributed by atoms with van der Waals surface area (Å²) in [6.45, 7) is 6.61. The molecule has 6 nitrogen and oxygen atoms in total. The largest absolute Gasteiger partial charge is 0.462 e.